The lowest BCUT2D eigenvalue weighted by molar-refractivity contribution is -0.125. The molecule has 1 saturated heterocycles. The standard InChI is InChI=1S/C15H25NO.ClH/c17-15-13(11-16-8-4-1-5-9-16)10-12-6-2-3-7-14(12)15;/h12-14H,1-11H2;1H. The number of halogens is 1. The molecule has 2 aliphatic carbocycles. The summed E-state index contributed by atoms with van der Waals surface area (Å²) in [5, 5.41) is 0. The average Bonchev–Trinajstić information content (AvgIpc) is 2.68. The molecule has 1 aliphatic heterocycles. The number of fused-ring (bicyclic) bond motifs is 1. The van der Waals surface area contributed by atoms with Crippen LogP contribution in [0.5, 0.6) is 0 Å². The Labute approximate surface area is 117 Å². The second kappa shape index (κ2) is 6.38. The van der Waals surface area contributed by atoms with Gasteiger partial charge in [0.1, 0.15) is 5.78 Å². The van der Waals surface area contributed by atoms with Gasteiger partial charge < -0.3 is 4.90 Å². The van der Waals surface area contributed by atoms with Crippen molar-refractivity contribution >= 4 is 18.2 Å². The summed E-state index contributed by atoms with van der Waals surface area (Å²) in [6.45, 7) is 3.55. The fourth-order valence-corrected chi connectivity index (χ4v) is 4.27. The van der Waals surface area contributed by atoms with Crippen LogP contribution < -0.4 is 0 Å². The van der Waals surface area contributed by atoms with Crippen molar-refractivity contribution in [3.05, 3.63) is 0 Å². The van der Waals surface area contributed by atoms with E-state index in [1.807, 2.05) is 0 Å². The molecule has 3 fully saturated rings. The number of rotatable bonds is 2. The predicted octanol–water partition coefficient (Wildman–Crippen LogP) is 3.29. The highest BCUT2D eigenvalue weighted by molar-refractivity contribution is 5.86. The Bertz CT molecular complexity index is 288. The molecule has 3 heteroatoms. The summed E-state index contributed by atoms with van der Waals surface area (Å²) < 4.78 is 0. The van der Waals surface area contributed by atoms with Gasteiger partial charge in [-0.25, -0.2) is 0 Å². The van der Waals surface area contributed by atoms with Crippen LogP contribution in [0.25, 0.3) is 0 Å². The van der Waals surface area contributed by atoms with E-state index < -0.39 is 0 Å². The number of ketones is 1. The number of carbonyl (C=O) groups excluding carboxylic acids is 1. The minimum absolute atomic E-state index is 0. The molecule has 0 aromatic rings. The van der Waals surface area contributed by atoms with Crippen LogP contribution in [0.15, 0.2) is 0 Å². The molecule has 2 saturated carbocycles. The molecule has 2 nitrogen and oxygen atoms in total. The minimum atomic E-state index is 0. The molecule has 0 aromatic carbocycles. The Balaban J connectivity index is 0.00000120. The van der Waals surface area contributed by atoms with E-state index in [1.54, 1.807) is 0 Å². The zero-order valence-corrected chi connectivity index (χ0v) is 12.1. The molecule has 1 heterocycles. The second-order valence-corrected chi connectivity index (χ2v) is 6.35. The number of piperidine rings is 1. The summed E-state index contributed by atoms with van der Waals surface area (Å²) in [7, 11) is 0. The fourth-order valence-electron chi connectivity index (χ4n) is 4.27. The molecule has 104 valence electrons. The molecule has 3 aliphatic rings. The first-order valence-corrected chi connectivity index (χ1v) is 7.60. The molecule has 0 bridgehead atoms. The molecule has 0 N–H and O–H groups in total. The third-order valence-corrected chi connectivity index (χ3v) is 5.19. The summed E-state index contributed by atoms with van der Waals surface area (Å²) in [4.78, 5) is 14.9. The van der Waals surface area contributed by atoms with Crippen molar-refractivity contribution in [2.45, 2.75) is 51.4 Å². The summed E-state index contributed by atoms with van der Waals surface area (Å²) in [6.07, 6.45) is 10.5. The first kappa shape index (κ1) is 14.3. The van der Waals surface area contributed by atoms with Crippen LogP contribution in [0.3, 0.4) is 0 Å². The number of carbonyl (C=O) groups is 1. The van der Waals surface area contributed by atoms with Crippen LogP contribution in [0, 0.1) is 17.8 Å². The average molecular weight is 272 g/mol. The van der Waals surface area contributed by atoms with Crippen molar-refractivity contribution in [3.63, 3.8) is 0 Å². The van der Waals surface area contributed by atoms with Gasteiger partial charge in [0.2, 0.25) is 0 Å². The van der Waals surface area contributed by atoms with Gasteiger partial charge in [0.15, 0.2) is 0 Å². The van der Waals surface area contributed by atoms with E-state index in [2.05, 4.69) is 4.90 Å². The predicted molar refractivity (Wildman–Crippen MR) is 76.1 cm³/mol. The van der Waals surface area contributed by atoms with E-state index >= 15 is 0 Å². The number of hydrogen-bond donors (Lipinski definition) is 0. The highest BCUT2D eigenvalue weighted by Gasteiger charge is 2.43. The van der Waals surface area contributed by atoms with Gasteiger partial charge >= 0.3 is 0 Å². The Kier molecular flexibility index (Phi) is 5.08. The number of Topliss-reactive ketones (excluding diaryl/α,β-unsaturated/α-hetero) is 1. The topological polar surface area (TPSA) is 20.3 Å². The van der Waals surface area contributed by atoms with E-state index in [0.29, 0.717) is 17.6 Å². The van der Waals surface area contributed by atoms with Gasteiger partial charge in [-0.2, -0.15) is 0 Å². The quantitative estimate of drug-likeness (QED) is 0.768. The highest BCUT2D eigenvalue weighted by Crippen LogP contribution is 2.43. The van der Waals surface area contributed by atoms with Crippen molar-refractivity contribution in [3.8, 4) is 0 Å². The zero-order chi connectivity index (χ0) is 11.7. The van der Waals surface area contributed by atoms with Crippen LogP contribution in [-0.4, -0.2) is 30.3 Å². The molecule has 0 aromatic heterocycles. The lowest BCUT2D eigenvalue weighted by atomic mass is 9.81. The number of nitrogens with zero attached hydrogens (tertiary/aromatic N) is 1. The lowest BCUT2D eigenvalue weighted by Gasteiger charge is -2.28. The Morgan fingerprint density at radius 2 is 1.72 bits per heavy atom. The van der Waals surface area contributed by atoms with Crippen LogP contribution in [0.1, 0.15) is 51.4 Å². The van der Waals surface area contributed by atoms with Gasteiger partial charge in [-0.15, -0.1) is 12.4 Å². The van der Waals surface area contributed by atoms with E-state index in [-0.39, 0.29) is 12.4 Å². The van der Waals surface area contributed by atoms with Gasteiger partial charge in [-0.3, -0.25) is 4.79 Å². The van der Waals surface area contributed by atoms with Crippen molar-refractivity contribution in [1.82, 2.24) is 4.90 Å². The van der Waals surface area contributed by atoms with Gasteiger partial charge in [0.25, 0.3) is 0 Å². The third-order valence-electron chi connectivity index (χ3n) is 5.19. The van der Waals surface area contributed by atoms with Crippen molar-refractivity contribution in [2.24, 2.45) is 17.8 Å². The largest absolute Gasteiger partial charge is 0.303 e. The normalized spacial score (nSPS) is 37.1. The van der Waals surface area contributed by atoms with Gasteiger partial charge in [-0.1, -0.05) is 19.3 Å². The van der Waals surface area contributed by atoms with Crippen LogP contribution in [0.4, 0.5) is 0 Å². The van der Waals surface area contributed by atoms with E-state index in [1.165, 1.54) is 64.5 Å². The molecular weight excluding hydrogens is 246 g/mol. The molecule has 3 atom stereocenters. The maximum absolute atomic E-state index is 12.4. The van der Waals surface area contributed by atoms with Crippen molar-refractivity contribution < 1.29 is 4.79 Å². The SMILES string of the molecule is Cl.O=C1C(CN2CCCCC2)CC2CCCCC12. The zero-order valence-electron chi connectivity index (χ0n) is 11.3. The molecule has 0 radical (unpaired) electrons. The number of hydrogen-bond acceptors (Lipinski definition) is 2. The minimum Gasteiger partial charge on any atom is -0.303 e. The maximum Gasteiger partial charge on any atom is 0.140 e. The molecule has 3 unspecified atom stereocenters. The van der Waals surface area contributed by atoms with E-state index in [9.17, 15) is 4.79 Å². The molecule has 0 spiro atoms. The molecule has 18 heavy (non-hydrogen) atoms. The summed E-state index contributed by atoms with van der Waals surface area (Å²) in [6, 6.07) is 0. The molecule has 0 amide bonds. The van der Waals surface area contributed by atoms with Gasteiger partial charge in [0.05, 0.1) is 0 Å². The molecule has 3 rings (SSSR count). The van der Waals surface area contributed by atoms with Crippen LogP contribution in [-0.2, 0) is 4.79 Å². The Hall–Kier alpha value is -0.0800. The maximum atomic E-state index is 12.4. The number of likely N-dealkylation sites (tertiary alicyclic amines) is 1. The third kappa shape index (κ3) is 2.91. The monoisotopic (exact) mass is 271 g/mol. The Morgan fingerprint density at radius 1 is 1.00 bits per heavy atom. The Morgan fingerprint density at radius 3 is 2.44 bits per heavy atom. The lowest BCUT2D eigenvalue weighted by Crippen LogP contribution is -2.36. The van der Waals surface area contributed by atoms with Crippen LogP contribution in [0.2, 0.25) is 0 Å². The summed E-state index contributed by atoms with van der Waals surface area (Å²) in [5.74, 6) is 2.23. The van der Waals surface area contributed by atoms with Crippen molar-refractivity contribution in [1.29, 1.82) is 0 Å². The summed E-state index contributed by atoms with van der Waals surface area (Å²) >= 11 is 0. The fraction of sp³-hybridized carbons (Fsp3) is 0.933. The molecular formula is C15H26ClNO. The summed E-state index contributed by atoms with van der Waals surface area (Å²) in [5.41, 5.74) is 0. The van der Waals surface area contributed by atoms with Crippen molar-refractivity contribution in [2.75, 3.05) is 19.6 Å². The van der Waals surface area contributed by atoms with Gasteiger partial charge in [0, 0.05) is 18.4 Å². The van der Waals surface area contributed by atoms with Gasteiger partial charge in [-0.05, 0) is 51.1 Å². The van der Waals surface area contributed by atoms with E-state index in [0.717, 1.165) is 12.5 Å². The first-order chi connectivity index (χ1) is 8.34. The first-order valence-electron chi connectivity index (χ1n) is 7.60. The highest BCUT2D eigenvalue weighted by atomic mass is 35.5. The van der Waals surface area contributed by atoms with E-state index in [4.69, 9.17) is 0 Å². The second-order valence-electron chi connectivity index (χ2n) is 6.35. The smallest absolute Gasteiger partial charge is 0.140 e. The van der Waals surface area contributed by atoms with Crippen LogP contribution >= 0.6 is 12.4 Å².